The second-order valence-corrected chi connectivity index (χ2v) is 5.60. The van der Waals surface area contributed by atoms with Crippen LogP contribution in [0.5, 0.6) is 5.75 Å². The van der Waals surface area contributed by atoms with Gasteiger partial charge in [-0.05, 0) is 12.1 Å². The molecular weight excluding hydrogens is 263 g/mol. The normalized spacial score (nSPS) is 14.2. The molecule has 3 nitrogen and oxygen atoms in total. The number of nitrogens with one attached hydrogen (secondary N) is 1. The Morgan fingerprint density at radius 1 is 1.37 bits per heavy atom. The summed E-state index contributed by atoms with van der Waals surface area (Å²) in [5, 5.41) is 4.41. The topological polar surface area (TPSA) is 34.1 Å². The summed E-state index contributed by atoms with van der Waals surface area (Å²) < 4.78 is 18.8. The molecule has 1 aliphatic rings. The van der Waals surface area contributed by atoms with Gasteiger partial charge in [-0.25, -0.2) is 9.37 Å². The summed E-state index contributed by atoms with van der Waals surface area (Å²) in [7, 11) is 0. The lowest BCUT2D eigenvalue weighted by atomic mass is 10.2. The van der Waals surface area contributed by atoms with Crippen LogP contribution in [0.2, 0.25) is 0 Å². The first-order valence-electron chi connectivity index (χ1n) is 6.38. The van der Waals surface area contributed by atoms with Gasteiger partial charge in [0.25, 0.3) is 0 Å². The van der Waals surface area contributed by atoms with Gasteiger partial charge in [-0.1, -0.05) is 12.1 Å². The largest absolute Gasteiger partial charge is 0.490 e. The summed E-state index contributed by atoms with van der Waals surface area (Å²) in [5.74, 6) is -0.00406. The number of aromatic nitrogens is 1. The van der Waals surface area contributed by atoms with Crippen LogP contribution in [0.4, 0.5) is 4.39 Å². The van der Waals surface area contributed by atoms with Crippen LogP contribution in [-0.4, -0.2) is 18.1 Å². The molecule has 100 valence electrons. The fourth-order valence-corrected chi connectivity index (χ4v) is 3.16. The lowest BCUT2D eigenvalue weighted by molar-refractivity contribution is 0.305. The van der Waals surface area contributed by atoms with E-state index in [-0.39, 0.29) is 5.82 Å². The second-order valence-electron chi connectivity index (χ2n) is 4.43. The van der Waals surface area contributed by atoms with E-state index in [1.54, 1.807) is 29.5 Å². The molecule has 0 bridgehead atoms. The summed E-state index contributed by atoms with van der Waals surface area (Å²) in [4.78, 5) is 5.94. The van der Waals surface area contributed by atoms with Crippen molar-refractivity contribution < 1.29 is 9.13 Å². The summed E-state index contributed by atoms with van der Waals surface area (Å²) in [6.07, 6.45) is 1.73. The average molecular weight is 278 g/mol. The Labute approximate surface area is 115 Å². The number of hydrogen-bond donors (Lipinski definition) is 1. The fourth-order valence-electron chi connectivity index (χ4n) is 2.10. The highest BCUT2D eigenvalue weighted by Crippen LogP contribution is 2.22. The quantitative estimate of drug-likeness (QED) is 0.933. The number of fused-ring (bicyclic) bond motifs is 1. The van der Waals surface area contributed by atoms with E-state index in [4.69, 9.17) is 4.74 Å². The number of halogens is 1. The van der Waals surface area contributed by atoms with E-state index >= 15 is 0 Å². The molecule has 0 spiro atoms. The smallest absolute Gasteiger partial charge is 0.165 e. The molecule has 2 aromatic rings. The van der Waals surface area contributed by atoms with E-state index in [1.165, 1.54) is 16.6 Å². The number of thiazole rings is 1. The van der Waals surface area contributed by atoms with Crippen molar-refractivity contribution in [2.24, 2.45) is 0 Å². The van der Waals surface area contributed by atoms with Crippen molar-refractivity contribution in [2.45, 2.75) is 19.4 Å². The van der Waals surface area contributed by atoms with Gasteiger partial charge in [0.15, 0.2) is 11.6 Å². The Balaban J connectivity index is 1.58. The molecule has 3 rings (SSSR count). The maximum atomic E-state index is 13.4. The average Bonchev–Trinajstić information content (AvgIpc) is 2.83. The summed E-state index contributed by atoms with van der Waals surface area (Å²) in [5.41, 5.74) is 1.21. The van der Waals surface area contributed by atoms with Crippen molar-refractivity contribution in [1.29, 1.82) is 0 Å². The first-order valence-corrected chi connectivity index (χ1v) is 7.20. The van der Waals surface area contributed by atoms with Crippen LogP contribution < -0.4 is 10.1 Å². The van der Waals surface area contributed by atoms with Crippen molar-refractivity contribution in [1.82, 2.24) is 10.3 Å². The molecule has 0 saturated heterocycles. The number of hydrogen-bond acceptors (Lipinski definition) is 4. The van der Waals surface area contributed by atoms with Gasteiger partial charge >= 0.3 is 0 Å². The number of nitrogens with zero attached hydrogens (tertiary/aromatic N) is 1. The zero-order chi connectivity index (χ0) is 13.1. The van der Waals surface area contributed by atoms with Crippen molar-refractivity contribution >= 4 is 11.3 Å². The molecule has 19 heavy (non-hydrogen) atoms. The molecule has 5 heteroatoms. The molecule has 0 aliphatic carbocycles. The van der Waals surface area contributed by atoms with Gasteiger partial charge in [0.05, 0.1) is 17.3 Å². The van der Waals surface area contributed by atoms with Crippen molar-refractivity contribution in [3.8, 4) is 5.75 Å². The summed E-state index contributed by atoms with van der Waals surface area (Å²) in [6.45, 7) is 2.38. The Kier molecular flexibility index (Phi) is 3.75. The van der Waals surface area contributed by atoms with Crippen LogP contribution in [0.1, 0.15) is 15.6 Å². The van der Waals surface area contributed by atoms with Crippen LogP contribution in [0.15, 0.2) is 24.3 Å². The molecule has 0 fully saturated rings. The zero-order valence-electron chi connectivity index (χ0n) is 10.5. The third-order valence-electron chi connectivity index (χ3n) is 3.06. The van der Waals surface area contributed by atoms with Crippen LogP contribution in [-0.2, 0) is 19.4 Å². The second kappa shape index (κ2) is 5.67. The van der Waals surface area contributed by atoms with Gasteiger partial charge in [-0.2, -0.15) is 0 Å². The predicted molar refractivity (Wildman–Crippen MR) is 73.1 cm³/mol. The highest BCUT2D eigenvalue weighted by molar-refractivity contribution is 7.11. The fraction of sp³-hybridized carbons (Fsp3) is 0.357. The predicted octanol–water partition coefficient (Wildman–Crippen LogP) is 2.55. The minimum absolute atomic E-state index is 0.311. The van der Waals surface area contributed by atoms with Gasteiger partial charge in [0, 0.05) is 30.8 Å². The molecule has 1 aromatic carbocycles. The number of rotatable bonds is 4. The minimum Gasteiger partial charge on any atom is -0.490 e. The van der Waals surface area contributed by atoms with Crippen molar-refractivity contribution in [2.75, 3.05) is 13.2 Å². The maximum absolute atomic E-state index is 13.4. The number of para-hydroxylation sites is 1. The van der Waals surface area contributed by atoms with Gasteiger partial charge in [0.2, 0.25) is 0 Å². The third-order valence-corrected chi connectivity index (χ3v) is 4.21. The molecule has 0 unspecified atom stereocenters. The Hall–Kier alpha value is -1.46. The molecule has 1 aliphatic heterocycles. The van der Waals surface area contributed by atoms with Crippen LogP contribution in [0.25, 0.3) is 0 Å². The Morgan fingerprint density at radius 2 is 2.26 bits per heavy atom. The molecule has 1 aromatic heterocycles. The van der Waals surface area contributed by atoms with Gasteiger partial charge in [0.1, 0.15) is 0 Å². The first kappa shape index (κ1) is 12.6. The summed E-state index contributed by atoms with van der Waals surface area (Å²) in [6, 6.07) is 6.48. The number of benzene rings is 1. The van der Waals surface area contributed by atoms with Crippen molar-refractivity contribution in [3.05, 3.63) is 45.7 Å². The number of ether oxygens (including phenoxy) is 1. The molecular formula is C14H15FN2OS. The van der Waals surface area contributed by atoms with Crippen LogP contribution in [0.3, 0.4) is 0 Å². The molecule has 0 radical (unpaired) electrons. The summed E-state index contributed by atoms with van der Waals surface area (Å²) >= 11 is 1.73. The minimum atomic E-state index is -0.315. The van der Waals surface area contributed by atoms with E-state index < -0.39 is 0 Å². The first-order chi connectivity index (χ1) is 9.33. The van der Waals surface area contributed by atoms with Crippen LogP contribution in [0, 0.1) is 5.82 Å². The maximum Gasteiger partial charge on any atom is 0.165 e. The van der Waals surface area contributed by atoms with Crippen LogP contribution >= 0.6 is 11.3 Å². The molecule has 0 atom stereocenters. The molecule has 2 heterocycles. The van der Waals surface area contributed by atoms with Gasteiger partial charge in [-0.3, -0.25) is 0 Å². The van der Waals surface area contributed by atoms with Crippen molar-refractivity contribution in [3.63, 3.8) is 0 Å². The molecule has 0 saturated carbocycles. The molecule has 0 amide bonds. The van der Waals surface area contributed by atoms with E-state index in [1.807, 2.05) is 0 Å². The lowest BCUT2D eigenvalue weighted by Gasteiger charge is -2.09. The third kappa shape index (κ3) is 2.93. The lowest BCUT2D eigenvalue weighted by Crippen LogP contribution is -2.22. The monoisotopic (exact) mass is 278 g/mol. The van der Waals surface area contributed by atoms with Gasteiger partial charge in [-0.15, -0.1) is 11.3 Å². The van der Waals surface area contributed by atoms with E-state index in [0.717, 1.165) is 30.9 Å². The van der Waals surface area contributed by atoms with Gasteiger partial charge < -0.3 is 10.1 Å². The molecule has 1 N–H and O–H groups in total. The SMILES string of the molecule is Fc1ccccc1OCCc1nc2c(s1)CNCC2. The Morgan fingerprint density at radius 3 is 3.11 bits per heavy atom. The standard InChI is InChI=1S/C14H15FN2OS/c15-10-3-1-2-4-12(10)18-8-6-14-17-11-5-7-16-9-13(11)19-14/h1-4,16H,5-9H2. The highest BCUT2D eigenvalue weighted by atomic mass is 32.1. The van der Waals surface area contributed by atoms with E-state index in [2.05, 4.69) is 10.3 Å². The Bertz CT molecular complexity index is 547. The van der Waals surface area contributed by atoms with E-state index in [9.17, 15) is 4.39 Å². The van der Waals surface area contributed by atoms with E-state index in [0.29, 0.717) is 12.4 Å². The highest BCUT2D eigenvalue weighted by Gasteiger charge is 2.14. The zero-order valence-corrected chi connectivity index (χ0v) is 11.3.